The predicted molar refractivity (Wildman–Crippen MR) is 78.2 cm³/mol. The second-order valence-electron chi connectivity index (χ2n) is 6.28. The minimum atomic E-state index is -0.864. The monoisotopic (exact) mass is 286 g/mol. The lowest BCUT2D eigenvalue weighted by Crippen LogP contribution is -2.57. The summed E-state index contributed by atoms with van der Waals surface area (Å²) in [6.07, 6.45) is 6.14. The first-order valence-electron chi connectivity index (χ1n) is 8.12. The van der Waals surface area contributed by atoms with Crippen LogP contribution in [0.3, 0.4) is 0 Å². The van der Waals surface area contributed by atoms with E-state index in [1.807, 2.05) is 4.90 Å². The van der Waals surface area contributed by atoms with Crippen LogP contribution in [0, 0.1) is 5.92 Å². The topological polar surface area (TPSA) is 79.0 Å². The zero-order valence-corrected chi connectivity index (χ0v) is 12.4. The van der Waals surface area contributed by atoms with Crippen molar-refractivity contribution in [2.24, 2.45) is 11.7 Å². The fourth-order valence-electron chi connectivity index (χ4n) is 3.37. The highest BCUT2D eigenvalue weighted by molar-refractivity contribution is 4.81. The summed E-state index contributed by atoms with van der Waals surface area (Å²) in [6.45, 7) is 2.76. The van der Waals surface area contributed by atoms with Gasteiger partial charge in [-0.15, -0.1) is 0 Å². The minimum absolute atomic E-state index is 0.486. The van der Waals surface area contributed by atoms with Crippen molar-refractivity contribution in [1.82, 2.24) is 4.90 Å². The number of nitrogens with zero attached hydrogens (tertiary/aromatic N) is 1. The van der Waals surface area contributed by atoms with Crippen LogP contribution in [0.25, 0.3) is 0 Å². The van der Waals surface area contributed by atoms with Gasteiger partial charge in [0.15, 0.2) is 0 Å². The molecule has 2 fully saturated rings. The summed E-state index contributed by atoms with van der Waals surface area (Å²) in [5.74, 6) is 0.727. The molecule has 0 aromatic carbocycles. The van der Waals surface area contributed by atoms with E-state index in [4.69, 9.17) is 10.5 Å². The van der Waals surface area contributed by atoms with Crippen LogP contribution in [0.4, 0.5) is 0 Å². The molecule has 0 bridgehead atoms. The average molecular weight is 286 g/mol. The van der Waals surface area contributed by atoms with Gasteiger partial charge in [-0.1, -0.05) is 32.1 Å². The van der Waals surface area contributed by atoms with E-state index < -0.39 is 18.4 Å². The van der Waals surface area contributed by atoms with Gasteiger partial charge < -0.3 is 20.7 Å². The van der Waals surface area contributed by atoms with Crippen molar-refractivity contribution in [1.29, 1.82) is 0 Å². The Labute approximate surface area is 122 Å². The minimum Gasteiger partial charge on any atom is -0.390 e. The molecule has 1 saturated carbocycles. The quantitative estimate of drug-likeness (QED) is 0.669. The van der Waals surface area contributed by atoms with Crippen molar-refractivity contribution < 1.29 is 14.9 Å². The summed E-state index contributed by atoms with van der Waals surface area (Å²) in [5.41, 5.74) is 6.06. The number of morpholine rings is 1. The third-order valence-electron chi connectivity index (χ3n) is 4.81. The van der Waals surface area contributed by atoms with Gasteiger partial charge in [0.05, 0.1) is 25.5 Å². The van der Waals surface area contributed by atoms with Crippen LogP contribution in [0.2, 0.25) is 0 Å². The molecule has 0 aromatic rings. The summed E-state index contributed by atoms with van der Waals surface area (Å²) in [7, 11) is 0. The lowest BCUT2D eigenvalue weighted by atomic mass is 9.85. The fourth-order valence-corrected chi connectivity index (χ4v) is 3.37. The molecule has 0 amide bonds. The van der Waals surface area contributed by atoms with Gasteiger partial charge in [-0.25, -0.2) is 0 Å². The van der Waals surface area contributed by atoms with E-state index in [2.05, 4.69) is 0 Å². The molecule has 5 heteroatoms. The third-order valence-corrected chi connectivity index (χ3v) is 4.81. The molecule has 1 aliphatic carbocycles. The van der Waals surface area contributed by atoms with Crippen LogP contribution in [0.1, 0.15) is 44.9 Å². The first kappa shape index (κ1) is 16.2. The maximum atomic E-state index is 10.2. The number of rotatable bonds is 6. The van der Waals surface area contributed by atoms with E-state index in [1.165, 1.54) is 32.1 Å². The normalized spacial score (nSPS) is 27.1. The highest BCUT2D eigenvalue weighted by atomic mass is 16.5. The van der Waals surface area contributed by atoms with Crippen LogP contribution < -0.4 is 5.73 Å². The zero-order chi connectivity index (χ0) is 14.4. The lowest BCUT2D eigenvalue weighted by Gasteiger charge is -2.36. The van der Waals surface area contributed by atoms with E-state index >= 15 is 0 Å². The van der Waals surface area contributed by atoms with Crippen molar-refractivity contribution in [3.8, 4) is 0 Å². The van der Waals surface area contributed by atoms with Gasteiger partial charge in [-0.05, 0) is 18.8 Å². The van der Waals surface area contributed by atoms with E-state index in [0.29, 0.717) is 19.6 Å². The number of aliphatic hydroxyl groups is 2. The fraction of sp³-hybridized carbons (Fsp3) is 1.00. The molecule has 1 aliphatic heterocycles. The summed E-state index contributed by atoms with van der Waals surface area (Å²) < 4.78 is 5.28. The van der Waals surface area contributed by atoms with Gasteiger partial charge in [-0.2, -0.15) is 0 Å². The van der Waals surface area contributed by atoms with Gasteiger partial charge in [0.1, 0.15) is 6.10 Å². The Bertz CT molecular complexity index is 266. The molecule has 20 heavy (non-hydrogen) atoms. The first-order chi connectivity index (χ1) is 9.68. The molecular formula is C15H30N2O3. The Balaban J connectivity index is 1.70. The van der Waals surface area contributed by atoms with Gasteiger partial charge in [0.25, 0.3) is 0 Å². The van der Waals surface area contributed by atoms with E-state index in [0.717, 1.165) is 25.4 Å². The van der Waals surface area contributed by atoms with Gasteiger partial charge >= 0.3 is 0 Å². The van der Waals surface area contributed by atoms with Gasteiger partial charge in [0, 0.05) is 13.1 Å². The maximum Gasteiger partial charge on any atom is 0.108 e. The summed E-state index contributed by atoms with van der Waals surface area (Å²) in [4.78, 5) is 2.00. The lowest BCUT2D eigenvalue weighted by molar-refractivity contribution is -0.0666. The molecule has 0 aromatic heterocycles. The van der Waals surface area contributed by atoms with Crippen molar-refractivity contribution in [2.45, 2.75) is 63.3 Å². The molecule has 2 aliphatic rings. The molecule has 1 heterocycles. The number of hydrogen-bond donors (Lipinski definition) is 3. The van der Waals surface area contributed by atoms with E-state index in [-0.39, 0.29) is 0 Å². The predicted octanol–water partition coefficient (Wildman–Crippen LogP) is 0.686. The highest BCUT2D eigenvalue weighted by Crippen LogP contribution is 2.28. The standard InChI is InChI=1S/C15H30N2O3/c16-15(17-8-10-20-11-9-17)14(19)13(18)7-6-12-4-2-1-3-5-12/h12-15,18-19H,1-11,16H2/t13-,14-,15?/m1/s1. The van der Waals surface area contributed by atoms with Crippen LogP contribution in [-0.2, 0) is 4.74 Å². The third kappa shape index (κ3) is 4.67. The summed E-state index contributed by atoms with van der Waals surface area (Å²) in [6, 6.07) is 0. The van der Waals surface area contributed by atoms with E-state index in [9.17, 15) is 10.2 Å². The molecular weight excluding hydrogens is 256 g/mol. The van der Waals surface area contributed by atoms with Crippen LogP contribution in [-0.4, -0.2) is 59.8 Å². The Morgan fingerprint density at radius 1 is 1.10 bits per heavy atom. The molecule has 3 atom stereocenters. The number of nitrogens with two attached hydrogens (primary N) is 1. The van der Waals surface area contributed by atoms with Crippen molar-refractivity contribution in [3.05, 3.63) is 0 Å². The molecule has 1 saturated heterocycles. The van der Waals surface area contributed by atoms with Gasteiger partial charge in [0.2, 0.25) is 0 Å². The molecule has 0 radical (unpaired) electrons. The second kappa shape index (κ2) is 8.29. The largest absolute Gasteiger partial charge is 0.390 e. The van der Waals surface area contributed by atoms with Crippen molar-refractivity contribution in [2.75, 3.05) is 26.3 Å². The maximum absolute atomic E-state index is 10.2. The number of aliphatic hydroxyl groups excluding tert-OH is 2. The van der Waals surface area contributed by atoms with Crippen LogP contribution in [0.15, 0.2) is 0 Å². The number of hydrogen-bond acceptors (Lipinski definition) is 5. The second-order valence-corrected chi connectivity index (χ2v) is 6.28. The van der Waals surface area contributed by atoms with Crippen LogP contribution in [0.5, 0.6) is 0 Å². The van der Waals surface area contributed by atoms with Crippen LogP contribution >= 0.6 is 0 Å². The SMILES string of the molecule is NC([C@H](O)[C@H](O)CCC1CCCCC1)N1CCOCC1. The van der Waals surface area contributed by atoms with Gasteiger partial charge in [-0.3, -0.25) is 4.90 Å². The smallest absolute Gasteiger partial charge is 0.108 e. The Morgan fingerprint density at radius 3 is 2.40 bits per heavy atom. The number of ether oxygens (including phenoxy) is 1. The Morgan fingerprint density at radius 2 is 1.75 bits per heavy atom. The summed E-state index contributed by atoms with van der Waals surface area (Å²) >= 11 is 0. The Kier molecular flexibility index (Phi) is 6.71. The van der Waals surface area contributed by atoms with Crippen molar-refractivity contribution in [3.63, 3.8) is 0 Å². The zero-order valence-electron chi connectivity index (χ0n) is 12.4. The molecule has 0 spiro atoms. The molecule has 118 valence electrons. The van der Waals surface area contributed by atoms with E-state index in [1.54, 1.807) is 0 Å². The highest BCUT2D eigenvalue weighted by Gasteiger charge is 2.29. The first-order valence-corrected chi connectivity index (χ1v) is 8.12. The average Bonchev–Trinajstić information content (AvgIpc) is 2.53. The summed E-state index contributed by atoms with van der Waals surface area (Å²) in [5, 5.41) is 20.4. The van der Waals surface area contributed by atoms with Crippen molar-refractivity contribution >= 4 is 0 Å². The Hall–Kier alpha value is -0.200. The molecule has 5 nitrogen and oxygen atoms in total. The molecule has 1 unspecified atom stereocenters. The molecule has 4 N–H and O–H groups in total. The molecule has 2 rings (SSSR count).